The minimum absolute atomic E-state index is 0.0331. The lowest BCUT2D eigenvalue weighted by Crippen LogP contribution is -2.27. The molecule has 1 N–H and O–H groups in total. The number of ether oxygens (including phenoxy) is 3. The molecule has 1 aromatic heterocycles. The number of amides is 1. The number of pyridine rings is 1. The number of carbonyl (C=O) groups is 1. The molecule has 2 atom stereocenters. The lowest BCUT2D eigenvalue weighted by molar-refractivity contribution is -0.151. The summed E-state index contributed by atoms with van der Waals surface area (Å²) in [4.78, 5) is 16.9. The van der Waals surface area contributed by atoms with E-state index in [1.807, 2.05) is 0 Å². The molecular formula is C27H23F5N2O4. The minimum Gasteiger partial charge on any atom is -0.493 e. The molecule has 11 heteroatoms. The number of hydrogen-bond donors (Lipinski definition) is 1. The van der Waals surface area contributed by atoms with Gasteiger partial charge in [0.1, 0.15) is 29.8 Å². The van der Waals surface area contributed by atoms with E-state index in [9.17, 15) is 22.4 Å². The SMILES string of the molecule is COc1cc(C(=O)NC[C@@H](F)c2cc3c(c(-c4ccc(F)cc4)n2)OC[C@H]3C(F)(F)F)ccc1OC1CC1. The predicted molar refractivity (Wildman–Crippen MR) is 127 cm³/mol. The Morgan fingerprint density at radius 3 is 2.53 bits per heavy atom. The highest BCUT2D eigenvalue weighted by Gasteiger charge is 2.47. The lowest BCUT2D eigenvalue weighted by atomic mass is 9.97. The number of rotatable bonds is 8. The highest BCUT2D eigenvalue weighted by molar-refractivity contribution is 5.94. The van der Waals surface area contributed by atoms with Crippen LogP contribution >= 0.6 is 0 Å². The van der Waals surface area contributed by atoms with Crippen molar-refractivity contribution in [2.45, 2.75) is 37.2 Å². The Morgan fingerprint density at radius 1 is 1.13 bits per heavy atom. The van der Waals surface area contributed by atoms with E-state index in [1.54, 1.807) is 6.07 Å². The van der Waals surface area contributed by atoms with Crippen molar-refractivity contribution in [2.75, 3.05) is 20.3 Å². The molecule has 1 saturated carbocycles. The number of halogens is 5. The van der Waals surface area contributed by atoms with Gasteiger partial charge in [-0.2, -0.15) is 13.2 Å². The van der Waals surface area contributed by atoms with Crippen LogP contribution in [0.25, 0.3) is 11.3 Å². The van der Waals surface area contributed by atoms with Gasteiger partial charge in [-0.05, 0) is 61.4 Å². The molecule has 1 fully saturated rings. The van der Waals surface area contributed by atoms with Crippen LogP contribution in [0.1, 0.15) is 46.5 Å². The molecule has 2 aliphatic rings. The zero-order valence-electron chi connectivity index (χ0n) is 20.1. The van der Waals surface area contributed by atoms with Crippen molar-refractivity contribution in [1.82, 2.24) is 10.3 Å². The minimum atomic E-state index is -4.63. The van der Waals surface area contributed by atoms with Gasteiger partial charge in [-0.1, -0.05) is 0 Å². The number of carbonyl (C=O) groups excluding carboxylic acids is 1. The first-order valence-electron chi connectivity index (χ1n) is 11.9. The second-order valence-electron chi connectivity index (χ2n) is 9.09. The topological polar surface area (TPSA) is 69.7 Å². The molecule has 38 heavy (non-hydrogen) atoms. The summed E-state index contributed by atoms with van der Waals surface area (Å²) >= 11 is 0. The molecule has 0 saturated heterocycles. The Hall–Kier alpha value is -3.89. The molecule has 1 aliphatic heterocycles. The normalized spacial score (nSPS) is 17.4. The first kappa shape index (κ1) is 25.7. The van der Waals surface area contributed by atoms with Crippen molar-refractivity contribution in [1.29, 1.82) is 0 Å². The number of benzene rings is 2. The maximum absolute atomic E-state index is 15.3. The summed E-state index contributed by atoms with van der Waals surface area (Å²) in [5.41, 5.74) is -0.143. The van der Waals surface area contributed by atoms with Crippen LogP contribution < -0.4 is 19.5 Å². The molecule has 1 aliphatic carbocycles. The van der Waals surface area contributed by atoms with Gasteiger partial charge in [-0.3, -0.25) is 4.79 Å². The van der Waals surface area contributed by atoms with Gasteiger partial charge in [0.25, 0.3) is 5.91 Å². The number of hydrogen-bond acceptors (Lipinski definition) is 5. The molecular weight excluding hydrogens is 511 g/mol. The average Bonchev–Trinajstić information content (AvgIpc) is 3.60. The van der Waals surface area contributed by atoms with Crippen LogP contribution in [0.2, 0.25) is 0 Å². The zero-order valence-corrected chi connectivity index (χ0v) is 20.1. The monoisotopic (exact) mass is 534 g/mol. The Kier molecular flexibility index (Phi) is 6.85. The van der Waals surface area contributed by atoms with E-state index in [0.29, 0.717) is 11.5 Å². The number of alkyl halides is 4. The van der Waals surface area contributed by atoms with Gasteiger partial charge in [0.2, 0.25) is 0 Å². The molecule has 2 aromatic carbocycles. The molecule has 200 valence electrons. The van der Waals surface area contributed by atoms with Gasteiger partial charge >= 0.3 is 6.18 Å². The molecule has 1 amide bonds. The average molecular weight is 534 g/mol. The van der Waals surface area contributed by atoms with Crippen molar-refractivity contribution in [2.24, 2.45) is 0 Å². The molecule has 0 bridgehead atoms. The largest absolute Gasteiger partial charge is 0.493 e. The van der Waals surface area contributed by atoms with Crippen molar-refractivity contribution < 1.29 is 41.0 Å². The third-order valence-electron chi connectivity index (χ3n) is 6.31. The van der Waals surface area contributed by atoms with Gasteiger partial charge in [-0.15, -0.1) is 0 Å². The van der Waals surface area contributed by atoms with Crippen LogP contribution in [0.4, 0.5) is 22.0 Å². The third kappa shape index (κ3) is 5.36. The van der Waals surface area contributed by atoms with E-state index in [0.717, 1.165) is 31.0 Å². The first-order chi connectivity index (χ1) is 18.1. The van der Waals surface area contributed by atoms with Gasteiger partial charge < -0.3 is 19.5 Å². The van der Waals surface area contributed by atoms with Gasteiger partial charge in [-0.25, -0.2) is 13.8 Å². The highest BCUT2D eigenvalue weighted by Crippen LogP contribution is 2.48. The van der Waals surface area contributed by atoms with E-state index < -0.39 is 43.1 Å². The third-order valence-corrected chi connectivity index (χ3v) is 6.31. The van der Waals surface area contributed by atoms with Gasteiger partial charge in [0.05, 0.1) is 25.5 Å². The summed E-state index contributed by atoms with van der Waals surface area (Å²) in [7, 11) is 1.44. The first-order valence-corrected chi connectivity index (χ1v) is 11.9. The number of methoxy groups -OCH3 is 1. The Morgan fingerprint density at radius 2 is 1.87 bits per heavy atom. The highest BCUT2D eigenvalue weighted by atomic mass is 19.4. The second kappa shape index (κ2) is 10.1. The summed E-state index contributed by atoms with van der Waals surface area (Å²) < 4.78 is 86.0. The molecule has 3 aromatic rings. The standard InChI is InChI=1S/C27H23F5N2O4/c1-36-23-10-15(4-9-22(23)38-17-7-8-17)26(35)33-12-20(29)21-11-18-19(27(30,31)32)13-37-25(18)24(34-21)14-2-5-16(28)6-3-14/h2-6,9-11,17,19-20H,7-8,12-13H2,1H3,(H,33,35)/t19-,20-/m1/s1. The van der Waals surface area contributed by atoms with E-state index in [1.165, 1.54) is 31.4 Å². The number of fused-ring (bicyclic) bond motifs is 1. The fourth-order valence-electron chi connectivity index (χ4n) is 4.14. The summed E-state index contributed by atoms with van der Waals surface area (Å²) in [6.07, 6.45) is -4.55. The van der Waals surface area contributed by atoms with Crippen LogP contribution in [-0.2, 0) is 0 Å². The van der Waals surface area contributed by atoms with Crippen LogP contribution in [0.5, 0.6) is 17.2 Å². The molecule has 0 spiro atoms. The fourth-order valence-corrected chi connectivity index (χ4v) is 4.14. The van der Waals surface area contributed by atoms with Gasteiger partial charge in [0.15, 0.2) is 17.7 Å². The summed E-state index contributed by atoms with van der Waals surface area (Å²) in [5, 5.41) is 2.44. The van der Waals surface area contributed by atoms with E-state index in [2.05, 4.69) is 10.3 Å². The zero-order chi connectivity index (χ0) is 27.0. The van der Waals surface area contributed by atoms with E-state index in [4.69, 9.17) is 14.2 Å². The summed E-state index contributed by atoms with van der Waals surface area (Å²) in [6, 6.07) is 10.5. The van der Waals surface area contributed by atoms with Gasteiger partial charge in [0, 0.05) is 16.7 Å². The molecule has 0 radical (unpaired) electrons. The van der Waals surface area contributed by atoms with Crippen LogP contribution in [0.3, 0.4) is 0 Å². The van der Waals surface area contributed by atoms with Crippen LogP contribution in [0.15, 0.2) is 48.5 Å². The fraction of sp³-hybridized carbons (Fsp3) is 0.333. The predicted octanol–water partition coefficient (Wildman–Crippen LogP) is 5.92. The summed E-state index contributed by atoms with van der Waals surface area (Å²) in [6.45, 7) is -1.22. The summed E-state index contributed by atoms with van der Waals surface area (Å²) in [5.74, 6) is -2.41. The van der Waals surface area contributed by atoms with Crippen molar-refractivity contribution >= 4 is 5.91 Å². The van der Waals surface area contributed by atoms with E-state index in [-0.39, 0.29) is 39.9 Å². The van der Waals surface area contributed by atoms with Crippen LogP contribution in [0, 0.1) is 5.82 Å². The Labute approximate surface area is 214 Å². The molecule has 5 rings (SSSR count). The second-order valence-corrected chi connectivity index (χ2v) is 9.09. The Bertz CT molecular complexity index is 1340. The molecule has 2 heterocycles. The Balaban J connectivity index is 1.38. The quantitative estimate of drug-likeness (QED) is 0.364. The lowest BCUT2D eigenvalue weighted by Gasteiger charge is -2.17. The molecule has 6 nitrogen and oxygen atoms in total. The number of nitrogens with one attached hydrogen (secondary N) is 1. The molecule has 0 unspecified atom stereocenters. The van der Waals surface area contributed by atoms with Crippen molar-refractivity contribution in [3.05, 3.63) is 71.2 Å². The number of nitrogens with zero attached hydrogens (tertiary/aromatic N) is 1. The van der Waals surface area contributed by atoms with Crippen LogP contribution in [-0.4, -0.2) is 43.4 Å². The maximum Gasteiger partial charge on any atom is 0.399 e. The van der Waals surface area contributed by atoms with Crippen molar-refractivity contribution in [3.63, 3.8) is 0 Å². The van der Waals surface area contributed by atoms with Crippen molar-refractivity contribution in [3.8, 4) is 28.5 Å². The maximum atomic E-state index is 15.3. The smallest absolute Gasteiger partial charge is 0.399 e. The number of aromatic nitrogens is 1. The van der Waals surface area contributed by atoms with E-state index >= 15 is 4.39 Å².